The highest BCUT2D eigenvalue weighted by molar-refractivity contribution is 7.81. The zero-order valence-corrected chi connectivity index (χ0v) is 17.8. The van der Waals surface area contributed by atoms with Gasteiger partial charge in [0.05, 0.1) is 11.5 Å². The van der Waals surface area contributed by atoms with Crippen LogP contribution in [-0.2, 0) is 6.61 Å². The quantitative estimate of drug-likeness (QED) is 0.154. The first kappa shape index (κ1) is 22.1. The number of nitro groups is 1. The number of non-ortho nitro benzene ring substituents is 1. The van der Waals surface area contributed by atoms with Gasteiger partial charge in [-0.05, 0) is 48.4 Å². The van der Waals surface area contributed by atoms with Crippen molar-refractivity contribution in [1.29, 1.82) is 0 Å². The zero-order valence-electron chi connectivity index (χ0n) is 17.0. The number of aryl methyl sites for hydroxylation is 2. The van der Waals surface area contributed by atoms with E-state index in [-0.39, 0.29) is 28.5 Å². The maximum Gasteiger partial charge on any atom is 0.270 e. The van der Waals surface area contributed by atoms with Crippen LogP contribution in [-0.4, -0.2) is 15.0 Å². The third-order valence-electron chi connectivity index (χ3n) is 4.69. The van der Waals surface area contributed by atoms with Gasteiger partial charge in [-0.15, -0.1) is 0 Å². The topological polar surface area (TPSA) is 102 Å². The Morgan fingerprint density at radius 1 is 1.16 bits per heavy atom. The van der Waals surface area contributed by atoms with Crippen molar-refractivity contribution in [3.63, 3.8) is 0 Å². The second kappa shape index (κ2) is 9.46. The first-order chi connectivity index (χ1) is 14.8. The van der Waals surface area contributed by atoms with E-state index in [0.29, 0.717) is 5.56 Å². The molecule has 0 aliphatic rings. The van der Waals surface area contributed by atoms with E-state index < -0.39 is 10.7 Å². The van der Waals surface area contributed by atoms with Crippen LogP contribution < -0.4 is 15.0 Å². The van der Waals surface area contributed by atoms with Crippen LogP contribution in [0.4, 0.5) is 11.4 Å². The van der Waals surface area contributed by atoms with Crippen LogP contribution in [0, 0.1) is 24.0 Å². The number of aromatic nitrogens is 1. The second-order valence-corrected chi connectivity index (χ2v) is 7.44. The summed E-state index contributed by atoms with van der Waals surface area (Å²) >= 11 is 5.60. The smallest absolute Gasteiger partial charge is 0.270 e. The fourth-order valence-electron chi connectivity index (χ4n) is 3.04. The number of hydrogen-bond donors (Lipinski definition) is 2. The van der Waals surface area contributed by atoms with Crippen LogP contribution in [0.25, 0.3) is 11.5 Å². The average Bonchev–Trinajstić information content (AvgIpc) is 2.76. The molecule has 0 spiro atoms. The van der Waals surface area contributed by atoms with E-state index in [1.807, 2.05) is 32.0 Å². The number of rotatable bonds is 6. The number of anilines is 1. The summed E-state index contributed by atoms with van der Waals surface area (Å²) in [5.74, 6) is -0.480. The summed E-state index contributed by atoms with van der Waals surface area (Å²) < 4.78 is 1.52. The molecule has 158 valence electrons. The Kier molecular flexibility index (Phi) is 6.74. The van der Waals surface area contributed by atoms with Crippen molar-refractivity contribution in [1.82, 2.24) is 0 Å². The normalized spacial score (nSPS) is 11.6. The second-order valence-electron chi connectivity index (χ2n) is 7.04. The molecule has 8 heteroatoms. The molecule has 0 unspecified atom stereocenters. The summed E-state index contributed by atoms with van der Waals surface area (Å²) in [5.41, 5.74) is 3.38. The van der Waals surface area contributed by atoms with Crippen LogP contribution in [0.5, 0.6) is 0 Å². The molecule has 3 aromatic rings. The highest BCUT2D eigenvalue weighted by atomic mass is 32.1. The summed E-state index contributed by atoms with van der Waals surface area (Å²) in [7, 11) is 0. The molecule has 0 aliphatic carbocycles. The van der Waals surface area contributed by atoms with Gasteiger partial charge in [0.25, 0.3) is 5.69 Å². The fraction of sp³-hybridized carbons (Fsp3) is 0.130. The summed E-state index contributed by atoms with van der Waals surface area (Å²) in [6, 6.07) is 14.8. The molecular formula is C23H21N3O4S. The Morgan fingerprint density at radius 3 is 2.65 bits per heavy atom. The average molecular weight is 436 g/mol. The van der Waals surface area contributed by atoms with Gasteiger partial charge in [-0.25, -0.2) is 0 Å². The summed E-state index contributed by atoms with van der Waals surface area (Å²) in [6.07, 6.45) is 3.24. The maximum absolute atomic E-state index is 13.4. The van der Waals surface area contributed by atoms with Crippen LogP contribution >= 0.6 is 12.2 Å². The minimum atomic E-state index is -0.553. The lowest BCUT2D eigenvalue weighted by Crippen LogP contribution is -2.40. The van der Waals surface area contributed by atoms with Crippen LogP contribution in [0.2, 0.25) is 0 Å². The number of nitrogens with one attached hydrogen (secondary N) is 1. The lowest BCUT2D eigenvalue weighted by Gasteiger charge is -2.18. The van der Waals surface area contributed by atoms with Crippen molar-refractivity contribution in [3.8, 4) is 0 Å². The number of nitrogens with zero attached hydrogens (tertiary/aromatic N) is 2. The van der Waals surface area contributed by atoms with Crippen LogP contribution in [0.15, 0.2) is 67.0 Å². The number of thiocarbonyl (C=S) groups is 1. The highest BCUT2D eigenvalue weighted by Gasteiger charge is 2.21. The molecule has 3 rings (SSSR count). The molecule has 2 aromatic carbocycles. The number of benzene rings is 2. The Morgan fingerprint density at radius 2 is 1.94 bits per heavy atom. The van der Waals surface area contributed by atoms with Crippen molar-refractivity contribution in [2.45, 2.75) is 20.5 Å². The lowest BCUT2D eigenvalue weighted by molar-refractivity contribution is -0.578. The Balaban J connectivity index is 2.15. The molecule has 1 heterocycles. The standard InChI is InChI=1S/C23H21N3O4S/c1-15-8-9-16(2)20(11-15)24-23(31)21(25-10-4-5-17(13-25)14-27)22(28)18-6-3-7-19(12-18)26(29)30/h3-13,27H,14H2,1-2H3,(H-,24,28,31). The minimum absolute atomic E-state index is 0.117. The van der Waals surface area contributed by atoms with Crippen molar-refractivity contribution in [3.05, 3.63) is 99.4 Å². The third kappa shape index (κ3) is 5.11. The number of nitro benzene ring substituents is 1. The summed E-state index contributed by atoms with van der Waals surface area (Å²) in [6.45, 7) is 3.66. The van der Waals surface area contributed by atoms with E-state index in [4.69, 9.17) is 12.2 Å². The van der Waals surface area contributed by atoms with Crippen molar-refractivity contribution in [2.24, 2.45) is 0 Å². The molecule has 0 saturated heterocycles. The predicted molar refractivity (Wildman–Crippen MR) is 121 cm³/mol. The van der Waals surface area contributed by atoms with Crippen molar-refractivity contribution in [2.75, 3.05) is 5.32 Å². The molecular weight excluding hydrogens is 414 g/mol. The molecule has 7 nitrogen and oxygen atoms in total. The number of aliphatic hydroxyl groups is 1. The molecule has 1 aromatic heterocycles. The molecule has 2 N–H and O–H groups in total. The maximum atomic E-state index is 13.4. The van der Waals surface area contributed by atoms with Gasteiger partial charge in [-0.1, -0.05) is 36.5 Å². The van der Waals surface area contributed by atoms with E-state index in [1.165, 1.54) is 28.8 Å². The van der Waals surface area contributed by atoms with Gasteiger partial charge < -0.3 is 15.5 Å². The van der Waals surface area contributed by atoms with Crippen LogP contribution in [0.1, 0.15) is 22.3 Å². The van der Waals surface area contributed by atoms with E-state index in [9.17, 15) is 20.3 Å². The monoisotopic (exact) mass is 435 g/mol. The molecule has 0 saturated carbocycles. The van der Waals surface area contributed by atoms with E-state index in [2.05, 4.69) is 5.32 Å². The minimum Gasteiger partial charge on any atom is -0.867 e. The zero-order chi connectivity index (χ0) is 22.5. The molecule has 0 atom stereocenters. The number of pyridine rings is 1. The SMILES string of the molecule is Cc1ccc(C)c(NC(=S)/C(=C(\[O-])c2cccc([N+](=O)[O-])c2)[n+]2cccc(CO)c2)c1. The van der Waals surface area contributed by atoms with Gasteiger partial charge in [0.1, 0.15) is 0 Å². The third-order valence-corrected chi connectivity index (χ3v) is 4.99. The number of hydrogen-bond acceptors (Lipinski definition) is 5. The van der Waals surface area contributed by atoms with Crippen LogP contribution in [0.3, 0.4) is 0 Å². The highest BCUT2D eigenvalue weighted by Crippen LogP contribution is 2.22. The van der Waals surface area contributed by atoms with Gasteiger partial charge in [0.15, 0.2) is 17.4 Å². The van der Waals surface area contributed by atoms with Crippen molar-refractivity contribution < 1.29 is 19.7 Å². The van der Waals surface area contributed by atoms with Gasteiger partial charge >= 0.3 is 0 Å². The van der Waals surface area contributed by atoms with Gasteiger partial charge in [0.2, 0.25) is 5.70 Å². The fourth-order valence-corrected chi connectivity index (χ4v) is 3.35. The van der Waals surface area contributed by atoms with Gasteiger partial charge in [-0.3, -0.25) is 10.1 Å². The predicted octanol–water partition coefficient (Wildman–Crippen LogP) is 3.12. The van der Waals surface area contributed by atoms with Gasteiger partial charge in [0, 0.05) is 29.4 Å². The molecule has 0 bridgehead atoms. The molecule has 0 fully saturated rings. The Hall–Kier alpha value is -3.62. The first-order valence-electron chi connectivity index (χ1n) is 9.46. The largest absolute Gasteiger partial charge is 0.867 e. The van der Waals surface area contributed by atoms with E-state index in [0.717, 1.165) is 16.8 Å². The Labute approximate surface area is 185 Å². The summed E-state index contributed by atoms with van der Waals surface area (Å²) in [5, 5.41) is 37.2. The molecule has 0 aliphatic heterocycles. The molecule has 0 radical (unpaired) electrons. The molecule has 0 amide bonds. The molecule has 31 heavy (non-hydrogen) atoms. The first-order valence-corrected chi connectivity index (χ1v) is 9.87. The van der Waals surface area contributed by atoms with Gasteiger partial charge in [-0.2, -0.15) is 4.57 Å². The Bertz CT molecular complexity index is 1190. The van der Waals surface area contributed by atoms with E-state index >= 15 is 0 Å². The van der Waals surface area contributed by atoms with E-state index in [1.54, 1.807) is 24.5 Å². The van der Waals surface area contributed by atoms with Crippen molar-refractivity contribution >= 4 is 40.0 Å². The number of aliphatic hydroxyl groups excluding tert-OH is 1. The summed E-state index contributed by atoms with van der Waals surface area (Å²) in [4.78, 5) is 10.8. The lowest BCUT2D eigenvalue weighted by atomic mass is 10.1.